The van der Waals surface area contributed by atoms with Gasteiger partial charge >= 0.3 is 0 Å². The first-order chi connectivity index (χ1) is 13.2. The Balaban J connectivity index is 1.38. The molecule has 0 fully saturated rings. The Morgan fingerprint density at radius 2 is 2.15 bits per heavy atom. The molecule has 3 aromatic rings. The van der Waals surface area contributed by atoms with E-state index in [0.29, 0.717) is 5.82 Å². The smallest absolute Gasteiger partial charge is 0.251 e. The lowest BCUT2D eigenvalue weighted by Gasteiger charge is -2.18. The molecule has 1 aliphatic rings. The Kier molecular flexibility index (Phi) is 4.97. The van der Waals surface area contributed by atoms with Crippen molar-refractivity contribution in [2.24, 2.45) is 0 Å². The largest absolute Gasteiger partial charge is 0.472 e. The van der Waals surface area contributed by atoms with E-state index in [4.69, 9.17) is 4.42 Å². The van der Waals surface area contributed by atoms with E-state index in [2.05, 4.69) is 25.0 Å². The quantitative estimate of drug-likeness (QED) is 0.744. The van der Waals surface area contributed by atoms with Crippen LogP contribution < -0.4 is 5.32 Å². The maximum absolute atomic E-state index is 13.3. The van der Waals surface area contributed by atoms with Gasteiger partial charge in [-0.05, 0) is 24.3 Å². The van der Waals surface area contributed by atoms with Gasteiger partial charge in [0, 0.05) is 43.7 Å². The molecule has 27 heavy (non-hydrogen) atoms. The fourth-order valence-corrected chi connectivity index (χ4v) is 3.25. The van der Waals surface area contributed by atoms with E-state index in [0.717, 1.165) is 44.0 Å². The lowest BCUT2D eigenvalue weighted by atomic mass is 10.2. The van der Waals surface area contributed by atoms with Crippen LogP contribution in [-0.4, -0.2) is 38.7 Å². The Bertz CT molecular complexity index is 922. The summed E-state index contributed by atoms with van der Waals surface area (Å²) in [5.41, 5.74) is 1.44. The molecule has 0 bridgehead atoms. The van der Waals surface area contributed by atoms with E-state index < -0.39 is 5.82 Å². The summed E-state index contributed by atoms with van der Waals surface area (Å²) in [6.07, 6.45) is 4.24. The van der Waals surface area contributed by atoms with E-state index in [-0.39, 0.29) is 18.0 Å². The van der Waals surface area contributed by atoms with Crippen molar-refractivity contribution in [3.63, 3.8) is 0 Å². The molecule has 0 radical (unpaired) electrons. The first-order valence-electron chi connectivity index (χ1n) is 8.87. The molecule has 2 aromatic heterocycles. The summed E-state index contributed by atoms with van der Waals surface area (Å²) in [5.74, 6) is 0.860. The van der Waals surface area contributed by atoms with Crippen LogP contribution >= 0.6 is 0 Å². The minimum absolute atomic E-state index is 0.254. The summed E-state index contributed by atoms with van der Waals surface area (Å²) < 4.78 is 20.5. The summed E-state index contributed by atoms with van der Waals surface area (Å²) in [4.78, 5) is 14.5. The van der Waals surface area contributed by atoms with Crippen molar-refractivity contribution in [1.82, 2.24) is 25.0 Å². The van der Waals surface area contributed by atoms with Crippen molar-refractivity contribution < 1.29 is 13.6 Å². The number of carbonyl (C=O) groups is 1. The number of fused-ring (bicyclic) bond motifs is 1. The highest BCUT2D eigenvalue weighted by atomic mass is 19.1. The number of aromatic nitrogens is 3. The van der Waals surface area contributed by atoms with Gasteiger partial charge in [0.2, 0.25) is 0 Å². The summed E-state index contributed by atoms with van der Waals surface area (Å²) in [6.45, 7) is 3.59. The zero-order valence-corrected chi connectivity index (χ0v) is 14.8. The molecule has 8 heteroatoms. The van der Waals surface area contributed by atoms with Gasteiger partial charge in [0.25, 0.3) is 5.91 Å². The molecule has 140 valence electrons. The number of rotatable bonds is 5. The molecule has 4 rings (SSSR count). The lowest BCUT2D eigenvalue weighted by molar-refractivity contribution is 0.0949. The third-order valence-electron chi connectivity index (χ3n) is 4.68. The maximum atomic E-state index is 13.3. The Hall–Kier alpha value is -3.00. The van der Waals surface area contributed by atoms with Crippen LogP contribution in [0.5, 0.6) is 0 Å². The second-order valence-electron chi connectivity index (χ2n) is 6.53. The molecule has 1 N–H and O–H groups in total. The molecule has 3 heterocycles. The number of nitrogens with zero attached hydrogens (tertiary/aromatic N) is 4. The molecule has 1 aliphatic heterocycles. The van der Waals surface area contributed by atoms with E-state index in [9.17, 15) is 9.18 Å². The fraction of sp³-hybridized carbons (Fsp3) is 0.316. The van der Waals surface area contributed by atoms with Crippen LogP contribution in [0.4, 0.5) is 4.39 Å². The molecule has 0 saturated carbocycles. The van der Waals surface area contributed by atoms with Crippen molar-refractivity contribution in [1.29, 1.82) is 0 Å². The van der Waals surface area contributed by atoms with Crippen LogP contribution in [0.3, 0.4) is 0 Å². The topological polar surface area (TPSA) is 76.2 Å². The molecule has 0 unspecified atom stereocenters. The Morgan fingerprint density at radius 3 is 2.96 bits per heavy atom. The van der Waals surface area contributed by atoms with Crippen LogP contribution in [0, 0.1) is 5.82 Å². The summed E-state index contributed by atoms with van der Waals surface area (Å²) in [7, 11) is 0. The van der Waals surface area contributed by atoms with Crippen LogP contribution in [-0.2, 0) is 26.1 Å². The van der Waals surface area contributed by atoms with Crippen molar-refractivity contribution in [3.8, 4) is 0 Å². The van der Waals surface area contributed by atoms with Gasteiger partial charge in [-0.2, -0.15) is 0 Å². The summed E-state index contributed by atoms with van der Waals surface area (Å²) in [6, 6.07) is 7.59. The summed E-state index contributed by atoms with van der Waals surface area (Å²) in [5, 5.41) is 11.3. The van der Waals surface area contributed by atoms with Crippen LogP contribution in [0.2, 0.25) is 0 Å². The third-order valence-corrected chi connectivity index (χ3v) is 4.68. The van der Waals surface area contributed by atoms with Gasteiger partial charge in [-0.25, -0.2) is 4.39 Å². The number of amides is 1. The summed E-state index contributed by atoms with van der Waals surface area (Å²) >= 11 is 0. The highest BCUT2D eigenvalue weighted by molar-refractivity contribution is 5.94. The number of nitrogens with one attached hydrogen (secondary N) is 1. The number of halogens is 1. The first kappa shape index (κ1) is 17.4. The Morgan fingerprint density at radius 1 is 1.22 bits per heavy atom. The zero-order chi connectivity index (χ0) is 18.6. The van der Waals surface area contributed by atoms with Gasteiger partial charge in [-0.15, -0.1) is 10.2 Å². The van der Waals surface area contributed by atoms with E-state index in [1.807, 2.05) is 6.07 Å². The van der Waals surface area contributed by atoms with Gasteiger partial charge in [0.15, 0.2) is 5.82 Å². The first-order valence-corrected chi connectivity index (χ1v) is 8.87. The highest BCUT2D eigenvalue weighted by Gasteiger charge is 2.19. The highest BCUT2D eigenvalue weighted by Crippen LogP contribution is 2.13. The molecule has 1 amide bonds. The lowest BCUT2D eigenvalue weighted by Crippen LogP contribution is -2.27. The normalized spacial score (nSPS) is 14.6. The molecule has 0 saturated heterocycles. The maximum Gasteiger partial charge on any atom is 0.251 e. The molecule has 0 spiro atoms. The van der Waals surface area contributed by atoms with Crippen molar-refractivity contribution in [2.45, 2.75) is 26.1 Å². The van der Waals surface area contributed by atoms with Crippen LogP contribution in [0.1, 0.15) is 27.6 Å². The number of carbonyl (C=O) groups excluding carboxylic acids is 1. The number of hydrogen-bond acceptors (Lipinski definition) is 5. The minimum Gasteiger partial charge on any atom is -0.472 e. The van der Waals surface area contributed by atoms with Crippen LogP contribution in [0.15, 0.2) is 47.3 Å². The second-order valence-corrected chi connectivity index (χ2v) is 6.53. The van der Waals surface area contributed by atoms with Gasteiger partial charge in [0.1, 0.15) is 11.6 Å². The molecule has 1 aromatic carbocycles. The van der Waals surface area contributed by atoms with Crippen molar-refractivity contribution in [3.05, 3.63) is 71.5 Å². The average Bonchev–Trinajstić information content (AvgIpc) is 3.27. The van der Waals surface area contributed by atoms with Crippen molar-refractivity contribution >= 4 is 5.91 Å². The van der Waals surface area contributed by atoms with E-state index >= 15 is 0 Å². The van der Waals surface area contributed by atoms with Gasteiger partial charge in [0.05, 0.1) is 19.1 Å². The molecule has 7 nitrogen and oxygen atoms in total. The zero-order valence-electron chi connectivity index (χ0n) is 14.8. The predicted molar refractivity (Wildman–Crippen MR) is 95.3 cm³/mol. The van der Waals surface area contributed by atoms with Crippen molar-refractivity contribution in [2.75, 3.05) is 13.1 Å². The van der Waals surface area contributed by atoms with E-state index in [1.165, 1.54) is 18.2 Å². The fourth-order valence-electron chi connectivity index (χ4n) is 3.25. The van der Waals surface area contributed by atoms with Crippen LogP contribution in [0.25, 0.3) is 0 Å². The molecular formula is C19H20FN5O2. The SMILES string of the molecule is O=C(NCc1nnc2n1CCN(Cc1ccoc1)CC2)c1cccc(F)c1. The monoisotopic (exact) mass is 369 g/mol. The van der Waals surface area contributed by atoms with E-state index in [1.54, 1.807) is 18.6 Å². The molecule has 0 atom stereocenters. The number of furan rings is 1. The predicted octanol–water partition coefficient (Wildman–Crippen LogP) is 2.00. The third kappa shape index (κ3) is 4.06. The second kappa shape index (κ2) is 7.71. The van der Waals surface area contributed by atoms with Gasteiger partial charge in [-0.1, -0.05) is 6.07 Å². The standard InChI is InChI=1S/C19H20FN5O2/c20-16-3-1-2-15(10-16)19(26)21-11-18-23-22-17-4-6-24(7-8-25(17)18)12-14-5-9-27-13-14/h1-3,5,9-10,13H,4,6-8,11-12H2,(H,21,26). The minimum atomic E-state index is -0.434. The Labute approximate surface area is 155 Å². The molecule has 0 aliphatic carbocycles. The van der Waals surface area contributed by atoms with Gasteiger partial charge in [-0.3, -0.25) is 9.69 Å². The average molecular weight is 369 g/mol. The number of benzene rings is 1. The van der Waals surface area contributed by atoms with Gasteiger partial charge < -0.3 is 14.3 Å². The molecular weight excluding hydrogens is 349 g/mol. The number of hydrogen-bond donors (Lipinski definition) is 1.